The van der Waals surface area contributed by atoms with Gasteiger partial charge in [-0.3, -0.25) is 4.90 Å². The summed E-state index contributed by atoms with van der Waals surface area (Å²) >= 11 is 5.60. The van der Waals surface area contributed by atoms with Gasteiger partial charge in [0.1, 0.15) is 0 Å². The molecule has 1 atom stereocenters. The summed E-state index contributed by atoms with van der Waals surface area (Å²) < 4.78 is 0. The first kappa shape index (κ1) is 11.0. The Labute approximate surface area is 85.2 Å². The molecule has 0 aromatic heterocycles. The van der Waals surface area contributed by atoms with Crippen LogP contribution in [0.5, 0.6) is 0 Å². The van der Waals surface area contributed by atoms with Crippen LogP contribution in [0.15, 0.2) is 11.1 Å². The molecule has 0 bridgehead atoms. The van der Waals surface area contributed by atoms with Gasteiger partial charge >= 0.3 is 0 Å². The largest absolute Gasteiger partial charge is 0.396 e. The number of halogens is 1. The van der Waals surface area contributed by atoms with Crippen LogP contribution in [0.2, 0.25) is 0 Å². The van der Waals surface area contributed by atoms with Crippen molar-refractivity contribution in [3.63, 3.8) is 0 Å². The van der Waals surface area contributed by atoms with Gasteiger partial charge in [-0.15, -0.1) is 0 Å². The normalized spacial score (nSPS) is 25.5. The molecule has 1 aliphatic rings. The molecule has 1 heterocycles. The van der Waals surface area contributed by atoms with Crippen LogP contribution in [0.4, 0.5) is 0 Å². The molecule has 0 radical (unpaired) electrons. The zero-order valence-corrected chi connectivity index (χ0v) is 8.93. The number of aliphatic hydroxyl groups excluding tert-OH is 1. The number of rotatable bonds is 4. The molecule has 1 N–H and O–H groups in total. The van der Waals surface area contributed by atoms with Crippen molar-refractivity contribution in [1.82, 2.24) is 4.90 Å². The second kappa shape index (κ2) is 5.63. The monoisotopic (exact) mass is 203 g/mol. The molecule has 0 aromatic rings. The van der Waals surface area contributed by atoms with Crippen LogP contribution in [0.1, 0.15) is 19.8 Å². The molecule has 1 saturated heterocycles. The lowest BCUT2D eigenvalue weighted by molar-refractivity contribution is 0.253. The molecule has 0 aliphatic carbocycles. The predicted octanol–water partition coefficient (Wildman–Crippen LogP) is 1.83. The summed E-state index contributed by atoms with van der Waals surface area (Å²) in [5.41, 5.74) is 2.87. The van der Waals surface area contributed by atoms with Gasteiger partial charge in [-0.25, -0.2) is 0 Å². The van der Waals surface area contributed by atoms with Crippen molar-refractivity contribution in [1.29, 1.82) is 0 Å². The summed E-state index contributed by atoms with van der Waals surface area (Å²) in [5, 5.41) is 8.79. The molecule has 0 spiro atoms. The number of hydrogen-bond donors (Lipinski definition) is 1. The van der Waals surface area contributed by atoms with Gasteiger partial charge in [0.05, 0.1) is 0 Å². The van der Waals surface area contributed by atoms with E-state index in [1.165, 1.54) is 12.0 Å². The highest BCUT2D eigenvalue weighted by atomic mass is 35.5. The van der Waals surface area contributed by atoms with Gasteiger partial charge in [-0.05, 0) is 37.8 Å². The molecule has 0 saturated carbocycles. The smallest absolute Gasteiger partial charge is 0.0434 e. The topological polar surface area (TPSA) is 23.5 Å². The molecule has 1 aliphatic heterocycles. The minimum Gasteiger partial charge on any atom is -0.396 e. The summed E-state index contributed by atoms with van der Waals surface area (Å²) in [6.07, 6.45) is 2.16. The van der Waals surface area contributed by atoms with Crippen molar-refractivity contribution in [3.8, 4) is 0 Å². The number of likely N-dealkylation sites (tertiary alicyclic amines) is 1. The van der Waals surface area contributed by atoms with Crippen molar-refractivity contribution < 1.29 is 5.11 Å². The SMILES string of the molecule is CC(=CCl)CN1CCC(CCO)C1. The van der Waals surface area contributed by atoms with E-state index in [0.717, 1.165) is 26.1 Å². The highest BCUT2D eigenvalue weighted by molar-refractivity contribution is 6.25. The Balaban J connectivity index is 2.25. The maximum absolute atomic E-state index is 8.79. The highest BCUT2D eigenvalue weighted by Gasteiger charge is 2.21. The van der Waals surface area contributed by atoms with E-state index in [1.54, 1.807) is 5.54 Å². The van der Waals surface area contributed by atoms with E-state index in [-0.39, 0.29) is 0 Å². The minimum atomic E-state index is 0.322. The number of hydrogen-bond acceptors (Lipinski definition) is 2. The van der Waals surface area contributed by atoms with E-state index in [2.05, 4.69) is 4.90 Å². The lowest BCUT2D eigenvalue weighted by Gasteiger charge is -2.15. The van der Waals surface area contributed by atoms with Crippen LogP contribution in [0, 0.1) is 5.92 Å². The van der Waals surface area contributed by atoms with Gasteiger partial charge in [0.25, 0.3) is 0 Å². The Morgan fingerprint density at radius 2 is 2.46 bits per heavy atom. The van der Waals surface area contributed by atoms with Gasteiger partial charge in [0.15, 0.2) is 0 Å². The standard InChI is InChI=1S/C10H18ClNO/c1-9(6-11)7-12-4-2-10(8-12)3-5-13/h6,10,13H,2-5,7-8H2,1H3. The predicted molar refractivity (Wildman–Crippen MR) is 55.9 cm³/mol. The van der Waals surface area contributed by atoms with Crippen molar-refractivity contribution in [2.75, 3.05) is 26.2 Å². The second-order valence-corrected chi connectivity index (χ2v) is 4.08. The van der Waals surface area contributed by atoms with Crippen LogP contribution in [0.25, 0.3) is 0 Å². The minimum absolute atomic E-state index is 0.322. The molecule has 0 amide bonds. The van der Waals surface area contributed by atoms with Crippen LogP contribution in [-0.2, 0) is 0 Å². The Hall–Kier alpha value is -0.0500. The highest BCUT2D eigenvalue weighted by Crippen LogP contribution is 2.19. The van der Waals surface area contributed by atoms with E-state index in [0.29, 0.717) is 12.5 Å². The van der Waals surface area contributed by atoms with Crippen molar-refractivity contribution >= 4 is 11.6 Å². The van der Waals surface area contributed by atoms with Gasteiger partial charge in [0.2, 0.25) is 0 Å². The number of aliphatic hydroxyl groups is 1. The average Bonchev–Trinajstić information content (AvgIpc) is 2.53. The zero-order valence-electron chi connectivity index (χ0n) is 8.17. The second-order valence-electron chi connectivity index (χ2n) is 3.86. The quantitative estimate of drug-likeness (QED) is 0.754. The molecular formula is C10H18ClNO. The van der Waals surface area contributed by atoms with E-state index in [1.807, 2.05) is 6.92 Å². The molecule has 76 valence electrons. The first-order valence-electron chi connectivity index (χ1n) is 4.85. The fourth-order valence-corrected chi connectivity index (χ4v) is 1.93. The summed E-state index contributed by atoms with van der Waals surface area (Å²) in [6.45, 7) is 5.61. The summed E-state index contributed by atoms with van der Waals surface area (Å²) in [7, 11) is 0. The third-order valence-electron chi connectivity index (χ3n) is 2.57. The molecule has 1 unspecified atom stereocenters. The van der Waals surface area contributed by atoms with Crippen LogP contribution < -0.4 is 0 Å². The van der Waals surface area contributed by atoms with Gasteiger partial charge in [0, 0.05) is 25.2 Å². The van der Waals surface area contributed by atoms with Gasteiger partial charge in [-0.2, -0.15) is 0 Å². The van der Waals surface area contributed by atoms with Crippen LogP contribution in [-0.4, -0.2) is 36.2 Å². The van der Waals surface area contributed by atoms with Crippen molar-refractivity contribution in [2.45, 2.75) is 19.8 Å². The Morgan fingerprint density at radius 3 is 3.08 bits per heavy atom. The third-order valence-corrected chi connectivity index (χ3v) is 2.94. The molecular weight excluding hydrogens is 186 g/mol. The van der Waals surface area contributed by atoms with E-state index in [9.17, 15) is 0 Å². The zero-order chi connectivity index (χ0) is 9.68. The molecule has 1 fully saturated rings. The molecule has 2 nitrogen and oxygen atoms in total. The van der Waals surface area contributed by atoms with E-state index >= 15 is 0 Å². The summed E-state index contributed by atoms with van der Waals surface area (Å²) in [6, 6.07) is 0. The maximum atomic E-state index is 8.79. The lowest BCUT2D eigenvalue weighted by atomic mass is 10.1. The summed E-state index contributed by atoms with van der Waals surface area (Å²) in [4.78, 5) is 2.40. The molecule has 1 rings (SSSR count). The molecule has 3 heteroatoms. The molecule has 13 heavy (non-hydrogen) atoms. The number of nitrogens with zero attached hydrogens (tertiary/aromatic N) is 1. The molecule has 0 aromatic carbocycles. The van der Waals surface area contributed by atoms with Crippen molar-refractivity contribution in [2.24, 2.45) is 5.92 Å². The van der Waals surface area contributed by atoms with E-state index < -0.39 is 0 Å². The first-order chi connectivity index (χ1) is 6.26. The maximum Gasteiger partial charge on any atom is 0.0434 e. The van der Waals surface area contributed by atoms with Crippen LogP contribution >= 0.6 is 11.6 Å². The Bertz CT molecular complexity index is 182. The third kappa shape index (κ3) is 3.67. The van der Waals surface area contributed by atoms with Gasteiger partial charge in [-0.1, -0.05) is 11.6 Å². The lowest BCUT2D eigenvalue weighted by Crippen LogP contribution is -2.22. The van der Waals surface area contributed by atoms with Crippen LogP contribution in [0.3, 0.4) is 0 Å². The van der Waals surface area contributed by atoms with Gasteiger partial charge < -0.3 is 5.11 Å². The first-order valence-corrected chi connectivity index (χ1v) is 5.29. The summed E-state index contributed by atoms with van der Waals surface area (Å²) in [5.74, 6) is 0.688. The fourth-order valence-electron chi connectivity index (χ4n) is 1.86. The Kier molecular flexibility index (Phi) is 4.78. The Morgan fingerprint density at radius 1 is 1.69 bits per heavy atom. The van der Waals surface area contributed by atoms with E-state index in [4.69, 9.17) is 16.7 Å². The average molecular weight is 204 g/mol. The van der Waals surface area contributed by atoms with Crippen molar-refractivity contribution in [3.05, 3.63) is 11.1 Å². The fraction of sp³-hybridized carbons (Fsp3) is 0.800.